The van der Waals surface area contributed by atoms with Crippen LogP contribution in [-0.2, 0) is 20.7 Å². The molecule has 0 radical (unpaired) electrons. The number of fused-ring (bicyclic) bond motifs is 2. The molecule has 2 aromatic carbocycles. The molecule has 0 saturated carbocycles. The number of nitrogens with zero attached hydrogens (tertiary/aromatic N) is 1. The zero-order chi connectivity index (χ0) is 22.2. The number of phenolic OH excluding ortho intramolecular Hbond substituents is 1. The number of phenols is 1. The highest BCUT2D eigenvalue weighted by molar-refractivity contribution is 7.20. The van der Waals surface area contributed by atoms with Gasteiger partial charge in [-0.1, -0.05) is 30.3 Å². The van der Waals surface area contributed by atoms with Crippen LogP contribution in [0.3, 0.4) is 0 Å². The molecule has 3 aromatic rings. The van der Waals surface area contributed by atoms with Gasteiger partial charge in [0.1, 0.15) is 24.4 Å². The van der Waals surface area contributed by atoms with Gasteiger partial charge in [-0.2, -0.15) is 0 Å². The first-order valence-electron chi connectivity index (χ1n) is 10.5. The van der Waals surface area contributed by atoms with Crippen molar-refractivity contribution >= 4 is 39.0 Å². The number of amides is 2. The molecule has 7 nitrogen and oxygen atoms in total. The summed E-state index contributed by atoms with van der Waals surface area (Å²) in [7, 11) is 0. The van der Waals surface area contributed by atoms with E-state index in [-0.39, 0.29) is 42.5 Å². The summed E-state index contributed by atoms with van der Waals surface area (Å²) in [6.45, 7) is 0.445. The van der Waals surface area contributed by atoms with Crippen molar-refractivity contribution in [3.8, 4) is 5.75 Å². The summed E-state index contributed by atoms with van der Waals surface area (Å²) in [4.78, 5) is 41.0. The van der Waals surface area contributed by atoms with Crippen LogP contribution in [0.2, 0.25) is 0 Å². The Bertz CT molecular complexity index is 1160. The Hall–Kier alpha value is -3.23. The summed E-state index contributed by atoms with van der Waals surface area (Å²) in [5.74, 6) is -0.589. The van der Waals surface area contributed by atoms with E-state index in [0.717, 1.165) is 15.6 Å². The molecule has 164 valence electrons. The highest BCUT2D eigenvalue weighted by Gasteiger charge is 2.48. The molecule has 2 aliphatic heterocycles. The Morgan fingerprint density at radius 2 is 1.97 bits per heavy atom. The summed E-state index contributed by atoms with van der Waals surface area (Å²) in [6.07, 6.45) is 0.593. The third-order valence-corrected chi connectivity index (χ3v) is 7.14. The number of ketones is 1. The van der Waals surface area contributed by atoms with E-state index >= 15 is 0 Å². The lowest BCUT2D eigenvalue weighted by Crippen LogP contribution is -2.53. The lowest BCUT2D eigenvalue weighted by molar-refractivity contribution is -0.138. The molecule has 8 heteroatoms. The number of likely N-dealkylation sites (tertiary alicyclic amines) is 1. The molecule has 2 amide bonds. The van der Waals surface area contributed by atoms with E-state index in [2.05, 4.69) is 5.32 Å². The van der Waals surface area contributed by atoms with Gasteiger partial charge in [-0.05, 0) is 41.6 Å². The molecule has 2 aliphatic rings. The van der Waals surface area contributed by atoms with Gasteiger partial charge in [-0.15, -0.1) is 11.3 Å². The Morgan fingerprint density at radius 3 is 2.75 bits per heavy atom. The maximum absolute atomic E-state index is 13.5. The van der Waals surface area contributed by atoms with E-state index in [1.54, 1.807) is 29.2 Å². The van der Waals surface area contributed by atoms with E-state index in [9.17, 15) is 19.5 Å². The summed E-state index contributed by atoms with van der Waals surface area (Å²) in [5, 5.41) is 13.4. The number of carbonyl (C=O) groups excluding carboxylic acids is 3. The monoisotopic (exact) mass is 450 g/mol. The molecule has 2 N–H and O–H groups in total. The number of aromatic hydroxyl groups is 1. The van der Waals surface area contributed by atoms with E-state index < -0.39 is 12.1 Å². The average Bonchev–Trinajstić information content (AvgIpc) is 3.50. The molecule has 32 heavy (non-hydrogen) atoms. The van der Waals surface area contributed by atoms with Crippen LogP contribution < -0.4 is 5.32 Å². The second kappa shape index (κ2) is 8.37. The lowest BCUT2D eigenvalue weighted by atomic mass is 10.0. The quantitative estimate of drug-likeness (QED) is 0.623. The molecule has 0 bridgehead atoms. The van der Waals surface area contributed by atoms with Crippen LogP contribution in [0.4, 0.5) is 0 Å². The third-order valence-electron chi connectivity index (χ3n) is 6.02. The zero-order valence-corrected chi connectivity index (χ0v) is 18.0. The Balaban J connectivity index is 1.41. The fourth-order valence-corrected chi connectivity index (χ4v) is 5.40. The molecular formula is C24H22N2O5S. The van der Waals surface area contributed by atoms with Gasteiger partial charge in [-0.3, -0.25) is 14.4 Å². The SMILES string of the molecule is O=C(N[C@@H](Cc1ccc(O)cc1)C(=O)N1CCC2OCC(=O)C21)c1cc2ccccc2s1. The van der Waals surface area contributed by atoms with Gasteiger partial charge >= 0.3 is 0 Å². The number of Topliss-reactive ketones (excluding diaryl/α,β-unsaturated/α-hetero) is 1. The van der Waals surface area contributed by atoms with E-state index in [1.165, 1.54) is 11.3 Å². The molecule has 3 atom stereocenters. The summed E-state index contributed by atoms with van der Waals surface area (Å²) >= 11 is 1.37. The summed E-state index contributed by atoms with van der Waals surface area (Å²) in [5.41, 5.74) is 0.794. The minimum absolute atomic E-state index is 0.0237. The van der Waals surface area contributed by atoms with Gasteiger partial charge in [0.15, 0.2) is 5.78 Å². The van der Waals surface area contributed by atoms with Crippen LogP contribution in [0, 0.1) is 0 Å². The van der Waals surface area contributed by atoms with Crippen LogP contribution in [0.25, 0.3) is 10.1 Å². The highest BCUT2D eigenvalue weighted by Crippen LogP contribution is 2.29. The number of benzene rings is 2. The Morgan fingerprint density at radius 1 is 1.19 bits per heavy atom. The molecule has 1 aromatic heterocycles. The Labute approximate surface area is 188 Å². The van der Waals surface area contributed by atoms with Gasteiger partial charge in [0.25, 0.3) is 5.91 Å². The predicted molar refractivity (Wildman–Crippen MR) is 120 cm³/mol. The van der Waals surface area contributed by atoms with Gasteiger partial charge in [-0.25, -0.2) is 0 Å². The molecular weight excluding hydrogens is 428 g/mol. The Kier molecular flexibility index (Phi) is 5.40. The van der Waals surface area contributed by atoms with E-state index in [4.69, 9.17) is 4.74 Å². The number of nitrogens with one attached hydrogen (secondary N) is 1. The van der Waals surface area contributed by atoms with Gasteiger partial charge in [0.05, 0.1) is 11.0 Å². The normalized spacial score (nSPS) is 21.0. The fraction of sp³-hybridized carbons (Fsp3) is 0.292. The van der Waals surface area contributed by atoms with Crippen molar-refractivity contribution < 1.29 is 24.2 Å². The van der Waals surface area contributed by atoms with Crippen molar-refractivity contribution in [3.63, 3.8) is 0 Å². The van der Waals surface area contributed by atoms with Crippen LogP contribution in [-0.4, -0.2) is 58.9 Å². The lowest BCUT2D eigenvalue weighted by Gasteiger charge is -2.27. The molecule has 5 rings (SSSR count). The largest absolute Gasteiger partial charge is 0.508 e. The topological polar surface area (TPSA) is 95.9 Å². The first kappa shape index (κ1) is 20.7. The standard InChI is InChI=1S/C24H22N2O5S/c27-16-7-5-14(6-8-16)11-17(24(30)26-10-9-19-22(26)18(28)13-31-19)25-23(29)21-12-15-3-1-2-4-20(15)32-21/h1-8,12,17,19,22,27H,9-11,13H2,(H,25,29)/t17-,19?,22?/m0/s1. The van der Waals surface area contributed by atoms with Crippen LogP contribution in [0.15, 0.2) is 54.6 Å². The number of rotatable bonds is 5. The van der Waals surface area contributed by atoms with Gasteiger partial charge in [0.2, 0.25) is 5.91 Å². The van der Waals surface area contributed by atoms with Crippen LogP contribution in [0.1, 0.15) is 21.7 Å². The van der Waals surface area contributed by atoms with Crippen molar-refractivity contribution in [1.82, 2.24) is 10.2 Å². The molecule has 2 unspecified atom stereocenters. The van der Waals surface area contributed by atoms with Crippen molar-refractivity contribution in [1.29, 1.82) is 0 Å². The molecule has 2 fully saturated rings. The number of hydrogen-bond acceptors (Lipinski definition) is 6. The average molecular weight is 451 g/mol. The van der Waals surface area contributed by atoms with Crippen molar-refractivity contribution in [2.75, 3.05) is 13.2 Å². The second-order valence-electron chi connectivity index (χ2n) is 8.13. The van der Waals surface area contributed by atoms with E-state index in [1.807, 2.05) is 30.3 Å². The first-order chi connectivity index (χ1) is 15.5. The first-order valence-corrected chi connectivity index (χ1v) is 11.3. The molecule has 0 aliphatic carbocycles. The summed E-state index contributed by atoms with van der Waals surface area (Å²) in [6, 6.07) is 14.7. The molecule has 2 saturated heterocycles. The fourth-order valence-electron chi connectivity index (χ4n) is 4.43. The number of thiophene rings is 1. The van der Waals surface area contributed by atoms with Crippen molar-refractivity contribution in [2.24, 2.45) is 0 Å². The molecule has 3 heterocycles. The summed E-state index contributed by atoms with van der Waals surface area (Å²) < 4.78 is 6.50. The zero-order valence-electron chi connectivity index (χ0n) is 17.2. The number of hydrogen-bond donors (Lipinski definition) is 2. The number of carbonyl (C=O) groups is 3. The van der Waals surface area contributed by atoms with Crippen LogP contribution in [0.5, 0.6) is 5.75 Å². The van der Waals surface area contributed by atoms with E-state index in [0.29, 0.717) is 17.8 Å². The van der Waals surface area contributed by atoms with Crippen molar-refractivity contribution in [2.45, 2.75) is 31.0 Å². The van der Waals surface area contributed by atoms with Crippen molar-refractivity contribution in [3.05, 3.63) is 65.0 Å². The molecule has 0 spiro atoms. The third kappa shape index (κ3) is 3.87. The van der Waals surface area contributed by atoms with Gasteiger partial charge < -0.3 is 20.1 Å². The maximum Gasteiger partial charge on any atom is 0.262 e. The minimum atomic E-state index is -0.843. The highest BCUT2D eigenvalue weighted by atomic mass is 32.1. The maximum atomic E-state index is 13.5. The van der Waals surface area contributed by atoms with Gasteiger partial charge in [0, 0.05) is 17.7 Å². The smallest absolute Gasteiger partial charge is 0.262 e. The van der Waals surface area contributed by atoms with Crippen LogP contribution >= 0.6 is 11.3 Å². The second-order valence-corrected chi connectivity index (χ2v) is 9.21. The minimum Gasteiger partial charge on any atom is -0.508 e. The predicted octanol–water partition coefficient (Wildman–Crippen LogP) is 2.52. The number of ether oxygens (including phenoxy) is 1.